The van der Waals surface area contributed by atoms with E-state index in [1.807, 2.05) is 44.2 Å². The van der Waals surface area contributed by atoms with E-state index in [-0.39, 0.29) is 5.97 Å². The summed E-state index contributed by atoms with van der Waals surface area (Å²) in [5.41, 5.74) is 4.23. The summed E-state index contributed by atoms with van der Waals surface area (Å²) in [6.07, 6.45) is 1.73. The van der Waals surface area contributed by atoms with E-state index in [4.69, 9.17) is 4.74 Å². The van der Waals surface area contributed by atoms with Crippen LogP contribution in [0.5, 0.6) is 0 Å². The van der Waals surface area contributed by atoms with Gasteiger partial charge in [0, 0.05) is 24.0 Å². The quantitative estimate of drug-likeness (QED) is 0.669. The highest BCUT2D eigenvalue weighted by atomic mass is 16.5. The highest BCUT2D eigenvalue weighted by Crippen LogP contribution is 2.21. The van der Waals surface area contributed by atoms with E-state index in [1.54, 1.807) is 25.3 Å². The van der Waals surface area contributed by atoms with E-state index < -0.39 is 0 Å². The van der Waals surface area contributed by atoms with E-state index in [1.165, 1.54) is 0 Å². The van der Waals surface area contributed by atoms with Crippen molar-refractivity contribution in [2.45, 2.75) is 27.3 Å². The normalized spacial score (nSPS) is 10.5. The van der Waals surface area contributed by atoms with E-state index in [0.29, 0.717) is 24.5 Å². The second-order valence-electron chi connectivity index (χ2n) is 6.09. The number of aryl methyl sites for hydroxylation is 1. The number of ether oxygens (including phenoxy) is 1. The number of benzene rings is 1. The lowest BCUT2D eigenvalue weighted by molar-refractivity contribution is 0.0526. The Hall–Kier alpha value is -3.28. The van der Waals surface area contributed by atoms with Crippen LogP contribution < -0.4 is 5.32 Å². The maximum absolute atomic E-state index is 11.7. The molecule has 1 aromatic carbocycles. The monoisotopic (exact) mass is 362 g/mol. The molecule has 6 heteroatoms. The molecular weight excluding hydrogens is 340 g/mol. The summed E-state index contributed by atoms with van der Waals surface area (Å²) < 4.78 is 5.00. The number of nitrogens with one attached hydrogen (secondary N) is 1. The average Bonchev–Trinajstić information content (AvgIpc) is 2.70. The number of aromatic nitrogens is 3. The highest BCUT2D eigenvalue weighted by molar-refractivity contribution is 5.89. The molecule has 0 spiro atoms. The Balaban J connectivity index is 1.76. The third kappa shape index (κ3) is 4.47. The van der Waals surface area contributed by atoms with Gasteiger partial charge < -0.3 is 10.1 Å². The van der Waals surface area contributed by atoms with Crippen LogP contribution in [-0.4, -0.2) is 27.5 Å². The zero-order valence-electron chi connectivity index (χ0n) is 15.7. The van der Waals surface area contributed by atoms with Crippen LogP contribution in [0.2, 0.25) is 0 Å². The number of rotatable bonds is 6. The second-order valence-corrected chi connectivity index (χ2v) is 6.09. The molecule has 0 unspecified atom stereocenters. The van der Waals surface area contributed by atoms with Crippen molar-refractivity contribution < 1.29 is 9.53 Å². The molecule has 6 nitrogen and oxygen atoms in total. The summed E-state index contributed by atoms with van der Waals surface area (Å²) in [6, 6.07) is 13.0. The van der Waals surface area contributed by atoms with Crippen LogP contribution in [0.25, 0.3) is 11.5 Å². The van der Waals surface area contributed by atoms with Gasteiger partial charge in [0.05, 0.1) is 12.2 Å². The van der Waals surface area contributed by atoms with Crippen LogP contribution in [0.4, 0.5) is 5.82 Å². The zero-order chi connectivity index (χ0) is 19.2. The number of anilines is 1. The Morgan fingerprint density at radius 1 is 1.07 bits per heavy atom. The molecule has 0 atom stereocenters. The van der Waals surface area contributed by atoms with Gasteiger partial charge in [-0.15, -0.1) is 0 Å². The molecule has 27 heavy (non-hydrogen) atoms. The summed E-state index contributed by atoms with van der Waals surface area (Å²) >= 11 is 0. The van der Waals surface area contributed by atoms with Gasteiger partial charge in [0.25, 0.3) is 0 Å². The number of hydrogen-bond donors (Lipinski definition) is 1. The number of hydrogen-bond acceptors (Lipinski definition) is 6. The molecule has 0 bridgehead atoms. The maximum atomic E-state index is 11.7. The van der Waals surface area contributed by atoms with Gasteiger partial charge in [-0.3, -0.25) is 4.98 Å². The Morgan fingerprint density at radius 2 is 1.85 bits per heavy atom. The lowest BCUT2D eigenvalue weighted by atomic mass is 10.1. The Bertz CT molecular complexity index is 925. The van der Waals surface area contributed by atoms with Crippen molar-refractivity contribution in [2.75, 3.05) is 11.9 Å². The first-order chi connectivity index (χ1) is 13.1. The first-order valence-electron chi connectivity index (χ1n) is 8.85. The topological polar surface area (TPSA) is 77.0 Å². The number of pyridine rings is 1. The summed E-state index contributed by atoms with van der Waals surface area (Å²) in [5, 5.41) is 3.36. The highest BCUT2D eigenvalue weighted by Gasteiger charge is 2.11. The van der Waals surface area contributed by atoms with Crippen molar-refractivity contribution in [3.63, 3.8) is 0 Å². The predicted octanol–water partition coefficient (Wildman–Crippen LogP) is 3.94. The largest absolute Gasteiger partial charge is 0.462 e. The van der Waals surface area contributed by atoms with E-state index in [0.717, 1.165) is 28.3 Å². The van der Waals surface area contributed by atoms with E-state index >= 15 is 0 Å². The second kappa shape index (κ2) is 8.40. The molecule has 3 rings (SSSR count). The van der Waals surface area contributed by atoms with E-state index in [2.05, 4.69) is 20.3 Å². The molecular formula is C21H22N4O2. The van der Waals surface area contributed by atoms with Crippen LogP contribution in [0, 0.1) is 13.8 Å². The zero-order valence-corrected chi connectivity index (χ0v) is 15.7. The molecule has 0 aliphatic carbocycles. The van der Waals surface area contributed by atoms with Crippen molar-refractivity contribution in [2.24, 2.45) is 0 Å². The fourth-order valence-electron chi connectivity index (χ4n) is 2.57. The van der Waals surface area contributed by atoms with Crippen LogP contribution >= 0.6 is 0 Å². The smallest absolute Gasteiger partial charge is 0.338 e. The van der Waals surface area contributed by atoms with Gasteiger partial charge in [-0.05, 0) is 50.6 Å². The van der Waals surface area contributed by atoms with Crippen LogP contribution in [0.3, 0.4) is 0 Å². The van der Waals surface area contributed by atoms with Gasteiger partial charge in [-0.25, -0.2) is 14.8 Å². The number of carbonyl (C=O) groups excluding carboxylic acids is 1. The third-order valence-corrected chi connectivity index (χ3v) is 4.21. The minimum Gasteiger partial charge on any atom is -0.462 e. The molecule has 0 amide bonds. The van der Waals surface area contributed by atoms with Crippen LogP contribution in [-0.2, 0) is 11.3 Å². The predicted molar refractivity (Wildman–Crippen MR) is 104 cm³/mol. The fraction of sp³-hybridized carbons (Fsp3) is 0.238. The summed E-state index contributed by atoms with van der Waals surface area (Å²) in [7, 11) is 0. The average molecular weight is 362 g/mol. The number of esters is 1. The molecule has 2 aromatic heterocycles. The molecule has 3 aromatic rings. The fourth-order valence-corrected chi connectivity index (χ4v) is 2.57. The van der Waals surface area contributed by atoms with Gasteiger partial charge in [0.2, 0.25) is 0 Å². The Morgan fingerprint density at radius 3 is 2.52 bits per heavy atom. The Labute approximate surface area is 158 Å². The third-order valence-electron chi connectivity index (χ3n) is 4.21. The van der Waals surface area contributed by atoms with Gasteiger partial charge in [-0.1, -0.05) is 18.2 Å². The van der Waals surface area contributed by atoms with Crippen molar-refractivity contribution >= 4 is 11.8 Å². The van der Waals surface area contributed by atoms with Gasteiger partial charge in [-0.2, -0.15) is 0 Å². The molecule has 0 aliphatic rings. The van der Waals surface area contributed by atoms with Crippen molar-refractivity contribution in [3.05, 3.63) is 71.0 Å². The molecule has 1 N–H and O–H groups in total. The first-order valence-corrected chi connectivity index (χ1v) is 8.85. The molecule has 0 fully saturated rings. The van der Waals surface area contributed by atoms with Crippen molar-refractivity contribution in [1.29, 1.82) is 0 Å². The summed E-state index contributed by atoms with van der Waals surface area (Å²) in [5.74, 6) is 1.07. The minimum absolute atomic E-state index is 0.306. The number of carbonyl (C=O) groups is 1. The molecule has 2 heterocycles. The standard InChI is InChI=1S/C21H22N4O2/c1-4-27-21(26)17-10-8-16(9-11-17)13-23-19-14(2)15(3)24-20(25-19)18-7-5-6-12-22-18/h5-12H,4,13H2,1-3H3,(H,23,24,25). The molecule has 138 valence electrons. The van der Waals surface area contributed by atoms with Crippen molar-refractivity contribution in [3.8, 4) is 11.5 Å². The van der Waals surface area contributed by atoms with E-state index in [9.17, 15) is 4.79 Å². The summed E-state index contributed by atoms with van der Waals surface area (Å²) in [4.78, 5) is 25.2. The van der Waals surface area contributed by atoms with Gasteiger partial charge >= 0.3 is 5.97 Å². The SMILES string of the molecule is CCOC(=O)c1ccc(CNc2nc(-c3ccccn3)nc(C)c2C)cc1. The van der Waals surface area contributed by atoms with Gasteiger partial charge in [0.15, 0.2) is 5.82 Å². The molecule has 0 saturated heterocycles. The Kier molecular flexibility index (Phi) is 5.76. The molecule has 0 saturated carbocycles. The minimum atomic E-state index is -0.306. The lowest BCUT2D eigenvalue weighted by Crippen LogP contribution is -2.08. The molecule has 0 radical (unpaired) electrons. The maximum Gasteiger partial charge on any atom is 0.338 e. The molecule has 0 aliphatic heterocycles. The number of nitrogens with zero attached hydrogens (tertiary/aromatic N) is 3. The van der Waals surface area contributed by atoms with Gasteiger partial charge in [0.1, 0.15) is 11.5 Å². The van der Waals surface area contributed by atoms with Crippen molar-refractivity contribution in [1.82, 2.24) is 15.0 Å². The lowest BCUT2D eigenvalue weighted by Gasteiger charge is -2.12. The van der Waals surface area contributed by atoms with Crippen LogP contribution in [0.1, 0.15) is 34.1 Å². The van der Waals surface area contributed by atoms with Crippen LogP contribution in [0.15, 0.2) is 48.7 Å². The first kappa shape index (κ1) is 18.5. The summed E-state index contributed by atoms with van der Waals surface area (Å²) in [6.45, 7) is 6.70.